The molecule has 0 bridgehead atoms. The van der Waals surface area contributed by atoms with Crippen molar-refractivity contribution in [2.45, 2.75) is 11.3 Å². The topological polar surface area (TPSA) is 101 Å². The molecular weight excluding hydrogens is 380 g/mol. The first-order valence-electron chi connectivity index (χ1n) is 8.89. The summed E-state index contributed by atoms with van der Waals surface area (Å²) in [7, 11) is -3.28. The first kappa shape index (κ1) is 18.4. The van der Waals surface area contributed by atoms with Crippen LogP contribution in [0.1, 0.15) is 5.56 Å². The quantitative estimate of drug-likeness (QED) is 0.625. The van der Waals surface area contributed by atoms with Crippen LogP contribution in [0.4, 0.5) is 5.82 Å². The molecule has 4 rings (SSSR count). The third-order valence-electron chi connectivity index (χ3n) is 4.79. The number of aromatic nitrogens is 4. The summed E-state index contributed by atoms with van der Waals surface area (Å²) in [5.41, 5.74) is 1.39. The summed E-state index contributed by atoms with van der Waals surface area (Å²) >= 11 is 0. The van der Waals surface area contributed by atoms with Crippen LogP contribution in [0.25, 0.3) is 5.65 Å². The third kappa shape index (κ3) is 3.81. The van der Waals surface area contributed by atoms with Crippen molar-refractivity contribution >= 4 is 27.2 Å². The maximum atomic E-state index is 12.6. The minimum absolute atomic E-state index is 0.00692. The van der Waals surface area contributed by atoms with E-state index in [9.17, 15) is 13.2 Å². The molecule has 0 atom stereocenters. The molecule has 28 heavy (non-hydrogen) atoms. The van der Waals surface area contributed by atoms with E-state index in [1.165, 1.54) is 6.26 Å². The van der Waals surface area contributed by atoms with Crippen LogP contribution in [0.2, 0.25) is 0 Å². The van der Waals surface area contributed by atoms with Crippen LogP contribution in [-0.2, 0) is 21.1 Å². The number of nitrogens with zero attached hydrogens (tertiary/aromatic N) is 6. The number of carbonyl (C=O) groups is 1. The van der Waals surface area contributed by atoms with Crippen molar-refractivity contribution in [2.24, 2.45) is 0 Å². The van der Waals surface area contributed by atoms with E-state index in [1.54, 1.807) is 40.0 Å². The van der Waals surface area contributed by atoms with Crippen molar-refractivity contribution in [1.29, 1.82) is 0 Å². The molecule has 0 spiro atoms. The molecule has 3 heterocycles. The summed E-state index contributed by atoms with van der Waals surface area (Å²) in [5, 5.41) is 12.3. The van der Waals surface area contributed by atoms with Gasteiger partial charge in [-0.05, 0) is 29.8 Å². The molecular formula is C18H20N6O3S. The summed E-state index contributed by atoms with van der Waals surface area (Å²) < 4.78 is 25.0. The van der Waals surface area contributed by atoms with Crippen LogP contribution in [-0.4, -0.2) is 71.5 Å². The lowest BCUT2D eigenvalue weighted by Gasteiger charge is -2.35. The van der Waals surface area contributed by atoms with Crippen LogP contribution in [0, 0.1) is 0 Å². The van der Waals surface area contributed by atoms with Gasteiger partial charge in [-0.1, -0.05) is 12.1 Å². The molecule has 3 aromatic rings. The third-order valence-corrected chi connectivity index (χ3v) is 5.90. The van der Waals surface area contributed by atoms with E-state index in [4.69, 9.17) is 0 Å². The average Bonchev–Trinajstić information content (AvgIpc) is 3.15. The van der Waals surface area contributed by atoms with E-state index in [0.717, 1.165) is 5.82 Å². The zero-order valence-corrected chi connectivity index (χ0v) is 16.2. The molecule has 0 aliphatic carbocycles. The minimum Gasteiger partial charge on any atom is -0.352 e. The molecule has 2 aromatic heterocycles. The van der Waals surface area contributed by atoms with Gasteiger partial charge in [-0.2, -0.15) is 4.52 Å². The van der Waals surface area contributed by atoms with E-state index in [-0.39, 0.29) is 17.2 Å². The predicted molar refractivity (Wildman–Crippen MR) is 103 cm³/mol. The van der Waals surface area contributed by atoms with Gasteiger partial charge in [0.2, 0.25) is 5.91 Å². The Kier molecular flexibility index (Phi) is 4.71. The highest BCUT2D eigenvalue weighted by Crippen LogP contribution is 2.16. The summed E-state index contributed by atoms with van der Waals surface area (Å²) in [5.74, 6) is 0.813. The number of piperazine rings is 1. The molecule has 1 aliphatic heterocycles. The normalized spacial score (nSPS) is 15.2. The first-order valence-corrected chi connectivity index (χ1v) is 10.8. The van der Waals surface area contributed by atoms with E-state index >= 15 is 0 Å². The van der Waals surface area contributed by atoms with Gasteiger partial charge in [0.25, 0.3) is 0 Å². The number of anilines is 1. The van der Waals surface area contributed by atoms with E-state index in [1.807, 2.05) is 12.1 Å². The lowest BCUT2D eigenvalue weighted by Crippen LogP contribution is -2.49. The molecule has 146 valence electrons. The van der Waals surface area contributed by atoms with Gasteiger partial charge < -0.3 is 9.80 Å². The standard InChI is InChI=1S/C18H20N6O3S/c1-28(26,27)15-4-2-3-14(11-15)12-18(25)23-9-7-22(8-10-23)17-6-5-16-20-19-13-24(16)21-17/h2-6,11,13H,7-10,12H2,1H3. The molecule has 1 aromatic carbocycles. The van der Waals surface area contributed by atoms with Gasteiger partial charge in [0.15, 0.2) is 15.5 Å². The molecule has 9 nitrogen and oxygen atoms in total. The average molecular weight is 400 g/mol. The van der Waals surface area contributed by atoms with Crippen LogP contribution >= 0.6 is 0 Å². The summed E-state index contributed by atoms with van der Waals surface area (Å²) in [6, 6.07) is 10.3. The molecule has 0 unspecified atom stereocenters. The second-order valence-electron chi connectivity index (χ2n) is 6.79. The molecule has 1 fully saturated rings. The Morgan fingerprint density at radius 3 is 2.64 bits per heavy atom. The van der Waals surface area contributed by atoms with Crippen molar-refractivity contribution in [1.82, 2.24) is 24.7 Å². The largest absolute Gasteiger partial charge is 0.352 e. The van der Waals surface area contributed by atoms with Crippen molar-refractivity contribution in [3.05, 3.63) is 48.3 Å². The number of hydrogen-bond acceptors (Lipinski definition) is 7. The van der Waals surface area contributed by atoms with Gasteiger partial charge in [0, 0.05) is 32.4 Å². The fraction of sp³-hybridized carbons (Fsp3) is 0.333. The van der Waals surface area contributed by atoms with Crippen LogP contribution in [0.5, 0.6) is 0 Å². The Morgan fingerprint density at radius 2 is 1.89 bits per heavy atom. The molecule has 0 N–H and O–H groups in total. The maximum Gasteiger partial charge on any atom is 0.227 e. The predicted octanol–water partition coefficient (Wildman–Crippen LogP) is 0.419. The Labute approximate surface area is 162 Å². The Bertz CT molecular complexity index is 1120. The zero-order valence-electron chi connectivity index (χ0n) is 15.4. The number of benzene rings is 1. The number of amides is 1. The number of hydrogen-bond donors (Lipinski definition) is 0. The Morgan fingerprint density at radius 1 is 1.11 bits per heavy atom. The van der Waals surface area contributed by atoms with Crippen molar-refractivity contribution in [3.8, 4) is 0 Å². The Balaban J connectivity index is 1.39. The number of carbonyl (C=O) groups excluding carboxylic acids is 1. The smallest absolute Gasteiger partial charge is 0.227 e. The lowest BCUT2D eigenvalue weighted by atomic mass is 10.1. The highest BCUT2D eigenvalue weighted by molar-refractivity contribution is 7.90. The fourth-order valence-electron chi connectivity index (χ4n) is 3.24. The molecule has 0 radical (unpaired) electrons. The highest BCUT2D eigenvalue weighted by Gasteiger charge is 2.22. The molecule has 0 saturated carbocycles. The van der Waals surface area contributed by atoms with Crippen LogP contribution < -0.4 is 4.90 Å². The van der Waals surface area contributed by atoms with Crippen molar-refractivity contribution in [3.63, 3.8) is 0 Å². The van der Waals surface area contributed by atoms with E-state index < -0.39 is 9.84 Å². The molecule has 1 aliphatic rings. The van der Waals surface area contributed by atoms with Crippen LogP contribution in [0.15, 0.2) is 47.6 Å². The zero-order chi connectivity index (χ0) is 19.7. The van der Waals surface area contributed by atoms with E-state index in [0.29, 0.717) is 37.4 Å². The van der Waals surface area contributed by atoms with Gasteiger partial charge in [0.05, 0.1) is 11.3 Å². The SMILES string of the molecule is CS(=O)(=O)c1cccc(CC(=O)N2CCN(c3ccc4nncn4n3)CC2)c1. The van der Waals surface area contributed by atoms with Gasteiger partial charge in [0.1, 0.15) is 12.1 Å². The summed E-state index contributed by atoms with van der Waals surface area (Å²) in [6.07, 6.45) is 2.91. The monoisotopic (exact) mass is 400 g/mol. The van der Waals surface area contributed by atoms with Crippen molar-refractivity contribution < 1.29 is 13.2 Å². The Hall–Kier alpha value is -3.01. The van der Waals surface area contributed by atoms with Gasteiger partial charge in [-0.25, -0.2) is 8.42 Å². The molecule has 10 heteroatoms. The van der Waals surface area contributed by atoms with Crippen molar-refractivity contribution in [2.75, 3.05) is 37.3 Å². The highest BCUT2D eigenvalue weighted by atomic mass is 32.2. The second-order valence-corrected chi connectivity index (χ2v) is 8.81. The number of fused-ring (bicyclic) bond motifs is 1. The van der Waals surface area contributed by atoms with Gasteiger partial charge in [-0.15, -0.1) is 15.3 Å². The maximum absolute atomic E-state index is 12.6. The minimum atomic E-state index is -3.28. The number of sulfone groups is 1. The summed E-state index contributed by atoms with van der Waals surface area (Å²) in [6.45, 7) is 2.53. The van der Waals surface area contributed by atoms with E-state index in [2.05, 4.69) is 20.2 Å². The van der Waals surface area contributed by atoms with Gasteiger partial charge in [-0.3, -0.25) is 4.79 Å². The molecule has 1 amide bonds. The fourth-order valence-corrected chi connectivity index (χ4v) is 3.94. The first-order chi connectivity index (χ1) is 13.4. The second kappa shape index (κ2) is 7.19. The molecule has 1 saturated heterocycles. The summed E-state index contributed by atoms with van der Waals surface area (Å²) in [4.78, 5) is 16.8. The number of rotatable bonds is 4. The van der Waals surface area contributed by atoms with Gasteiger partial charge >= 0.3 is 0 Å². The van der Waals surface area contributed by atoms with Crippen LogP contribution in [0.3, 0.4) is 0 Å². The lowest BCUT2D eigenvalue weighted by molar-refractivity contribution is -0.130.